The van der Waals surface area contributed by atoms with Crippen molar-refractivity contribution in [2.24, 2.45) is 5.10 Å². The third-order valence-corrected chi connectivity index (χ3v) is 4.31. The molecule has 2 aliphatic heterocycles. The standard InChI is InChI=1S/C19H18N4O4/c1-2-21-19(25)23-17(24)8-12-7-15-16(27-10-26-15)9-14(12)18(22-23)11-4-3-5-13(20)6-11/h3-7,9H,2,8,10,20H2,1H3,(H,21,25). The minimum absolute atomic E-state index is 0.0123. The number of rotatable bonds is 2. The van der Waals surface area contributed by atoms with Crippen molar-refractivity contribution < 1.29 is 19.1 Å². The van der Waals surface area contributed by atoms with Gasteiger partial charge in [-0.1, -0.05) is 12.1 Å². The monoisotopic (exact) mass is 366 g/mol. The van der Waals surface area contributed by atoms with Gasteiger partial charge in [-0.25, -0.2) is 4.79 Å². The number of carbonyl (C=O) groups excluding carboxylic acids is 2. The highest BCUT2D eigenvalue weighted by Crippen LogP contribution is 2.37. The molecule has 0 spiro atoms. The van der Waals surface area contributed by atoms with E-state index < -0.39 is 11.9 Å². The Morgan fingerprint density at radius 1 is 1.26 bits per heavy atom. The van der Waals surface area contributed by atoms with Gasteiger partial charge in [0.05, 0.1) is 12.1 Å². The van der Waals surface area contributed by atoms with Crippen molar-refractivity contribution in [1.82, 2.24) is 10.3 Å². The Hall–Kier alpha value is -3.55. The number of nitrogens with two attached hydrogens (primary N) is 1. The topological polar surface area (TPSA) is 106 Å². The lowest BCUT2D eigenvalue weighted by Gasteiger charge is -2.15. The molecular formula is C19H18N4O4. The Morgan fingerprint density at radius 3 is 2.78 bits per heavy atom. The molecule has 0 atom stereocenters. The van der Waals surface area contributed by atoms with Gasteiger partial charge in [0.15, 0.2) is 11.5 Å². The maximum atomic E-state index is 12.7. The molecule has 0 saturated carbocycles. The molecule has 0 aliphatic carbocycles. The van der Waals surface area contributed by atoms with Crippen LogP contribution in [0.15, 0.2) is 41.5 Å². The number of nitrogens with one attached hydrogen (secondary N) is 1. The highest BCUT2D eigenvalue weighted by atomic mass is 16.7. The summed E-state index contributed by atoms with van der Waals surface area (Å²) in [5.41, 5.74) is 9.04. The molecule has 0 radical (unpaired) electrons. The average molecular weight is 366 g/mol. The Labute approximate surface area is 155 Å². The fraction of sp³-hybridized carbons (Fsp3) is 0.211. The molecule has 2 heterocycles. The summed E-state index contributed by atoms with van der Waals surface area (Å²) >= 11 is 0. The number of hydrogen-bond donors (Lipinski definition) is 2. The molecule has 8 nitrogen and oxygen atoms in total. The lowest BCUT2D eigenvalue weighted by atomic mass is 9.95. The second-order valence-electron chi connectivity index (χ2n) is 6.15. The van der Waals surface area contributed by atoms with Crippen molar-refractivity contribution in [2.45, 2.75) is 13.3 Å². The van der Waals surface area contributed by atoms with Gasteiger partial charge in [-0.05, 0) is 36.8 Å². The Balaban J connectivity index is 1.90. The van der Waals surface area contributed by atoms with Crippen LogP contribution in [0.3, 0.4) is 0 Å². The molecule has 0 aromatic heterocycles. The van der Waals surface area contributed by atoms with E-state index >= 15 is 0 Å². The van der Waals surface area contributed by atoms with Crippen LogP contribution in [0.4, 0.5) is 10.5 Å². The molecule has 8 heteroatoms. The van der Waals surface area contributed by atoms with Gasteiger partial charge >= 0.3 is 6.03 Å². The molecule has 2 aromatic rings. The molecule has 2 aliphatic rings. The molecule has 0 unspecified atom stereocenters. The Kier molecular flexibility index (Phi) is 4.15. The maximum absolute atomic E-state index is 12.7. The number of benzene rings is 2. The van der Waals surface area contributed by atoms with Gasteiger partial charge in [0.2, 0.25) is 6.79 Å². The lowest BCUT2D eigenvalue weighted by molar-refractivity contribution is -0.127. The van der Waals surface area contributed by atoms with Crippen LogP contribution in [-0.2, 0) is 11.2 Å². The van der Waals surface area contributed by atoms with Crippen LogP contribution in [-0.4, -0.2) is 36.0 Å². The first-order valence-electron chi connectivity index (χ1n) is 8.55. The van der Waals surface area contributed by atoms with Crippen molar-refractivity contribution in [3.05, 3.63) is 53.1 Å². The van der Waals surface area contributed by atoms with Crippen molar-refractivity contribution in [1.29, 1.82) is 0 Å². The molecule has 3 N–H and O–H groups in total. The van der Waals surface area contributed by atoms with Gasteiger partial charge in [0, 0.05) is 23.4 Å². The minimum Gasteiger partial charge on any atom is -0.454 e. The van der Waals surface area contributed by atoms with E-state index in [1.165, 1.54) is 0 Å². The molecular weight excluding hydrogens is 348 g/mol. The number of hydrazone groups is 1. The number of ether oxygens (including phenoxy) is 2. The smallest absolute Gasteiger partial charge is 0.345 e. The lowest BCUT2D eigenvalue weighted by Crippen LogP contribution is -2.41. The number of anilines is 1. The molecule has 27 heavy (non-hydrogen) atoms. The molecule has 3 amide bonds. The molecule has 138 valence electrons. The van der Waals surface area contributed by atoms with Crippen molar-refractivity contribution >= 4 is 23.3 Å². The van der Waals surface area contributed by atoms with Gasteiger partial charge in [-0.3, -0.25) is 4.79 Å². The summed E-state index contributed by atoms with van der Waals surface area (Å²) < 4.78 is 10.9. The normalized spacial score (nSPS) is 15.1. The first-order chi connectivity index (χ1) is 13.1. The summed E-state index contributed by atoms with van der Waals surface area (Å²) in [4.78, 5) is 25.1. The highest BCUT2D eigenvalue weighted by Gasteiger charge is 2.30. The summed E-state index contributed by atoms with van der Waals surface area (Å²) in [5, 5.41) is 7.87. The summed E-state index contributed by atoms with van der Waals surface area (Å²) in [6.45, 7) is 2.29. The fourth-order valence-corrected chi connectivity index (χ4v) is 3.08. The second-order valence-corrected chi connectivity index (χ2v) is 6.15. The molecule has 0 saturated heterocycles. The number of urea groups is 1. The van der Waals surface area contributed by atoms with E-state index in [0.29, 0.717) is 46.1 Å². The minimum atomic E-state index is -0.572. The number of nitrogens with zero attached hydrogens (tertiary/aromatic N) is 2. The zero-order valence-electron chi connectivity index (χ0n) is 14.7. The number of imide groups is 1. The molecule has 2 aromatic carbocycles. The van der Waals surface area contributed by atoms with E-state index in [0.717, 1.165) is 5.01 Å². The summed E-state index contributed by atoms with van der Waals surface area (Å²) in [6, 6.07) is 10.1. The van der Waals surface area contributed by atoms with E-state index in [9.17, 15) is 9.59 Å². The Bertz CT molecular complexity index is 970. The number of hydrogen-bond acceptors (Lipinski definition) is 6. The number of nitrogen functional groups attached to an aromatic ring is 1. The predicted octanol–water partition coefficient (Wildman–Crippen LogP) is 1.86. The fourth-order valence-electron chi connectivity index (χ4n) is 3.08. The van der Waals surface area contributed by atoms with Crippen molar-refractivity contribution in [2.75, 3.05) is 19.1 Å². The number of carbonyl (C=O) groups is 2. The predicted molar refractivity (Wildman–Crippen MR) is 98.7 cm³/mol. The van der Waals surface area contributed by atoms with Gasteiger partial charge in [-0.2, -0.15) is 5.10 Å². The number of fused-ring (bicyclic) bond motifs is 2. The van der Waals surface area contributed by atoms with Crippen LogP contribution in [0.5, 0.6) is 11.5 Å². The maximum Gasteiger partial charge on any atom is 0.345 e. The summed E-state index contributed by atoms with van der Waals surface area (Å²) in [7, 11) is 0. The van der Waals surface area contributed by atoms with E-state index in [4.69, 9.17) is 15.2 Å². The third kappa shape index (κ3) is 3.05. The van der Waals surface area contributed by atoms with Crippen LogP contribution >= 0.6 is 0 Å². The van der Waals surface area contributed by atoms with Crippen LogP contribution in [0.1, 0.15) is 23.6 Å². The Morgan fingerprint density at radius 2 is 2.04 bits per heavy atom. The van der Waals surface area contributed by atoms with Gasteiger partial charge in [0.25, 0.3) is 5.91 Å². The van der Waals surface area contributed by atoms with Crippen LogP contribution in [0.2, 0.25) is 0 Å². The molecule has 0 fully saturated rings. The number of amides is 3. The largest absolute Gasteiger partial charge is 0.454 e. The SMILES string of the molecule is CCNC(=O)N1N=C(c2cccc(N)c2)c2cc3c(cc2CC1=O)OCO3. The van der Waals surface area contributed by atoms with Crippen LogP contribution in [0.25, 0.3) is 0 Å². The second kappa shape index (κ2) is 6.64. The van der Waals surface area contributed by atoms with Gasteiger partial charge < -0.3 is 20.5 Å². The first-order valence-corrected chi connectivity index (χ1v) is 8.55. The van der Waals surface area contributed by atoms with E-state index in [2.05, 4.69) is 10.4 Å². The molecule has 4 rings (SSSR count). The first kappa shape index (κ1) is 16.9. The third-order valence-electron chi connectivity index (χ3n) is 4.31. The van der Waals surface area contributed by atoms with E-state index in [-0.39, 0.29) is 13.2 Å². The van der Waals surface area contributed by atoms with Crippen LogP contribution in [0, 0.1) is 0 Å². The summed E-state index contributed by atoms with van der Waals surface area (Å²) in [5.74, 6) is 0.712. The zero-order chi connectivity index (χ0) is 19.0. The quantitative estimate of drug-likeness (QED) is 0.789. The zero-order valence-corrected chi connectivity index (χ0v) is 14.7. The molecule has 0 bridgehead atoms. The average Bonchev–Trinajstić information content (AvgIpc) is 3.03. The van der Waals surface area contributed by atoms with E-state index in [1.807, 2.05) is 6.07 Å². The highest BCUT2D eigenvalue weighted by molar-refractivity contribution is 6.17. The van der Waals surface area contributed by atoms with E-state index in [1.54, 1.807) is 37.3 Å². The van der Waals surface area contributed by atoms with Crippen LogP contribution < -0.4 is 20.5 Å². The van der Waals surface area contributed by atoms with Crippen molar-refractivity contribution in [3.8, 4) is 11.5 Å². The van der Waals surface area contributed by atoms with Crippen molar-refractivity contribution in [3.63, 3.8) is 0 Å². The van der Waals surface area contributed by atoms with Gasteiger partial charge in [0.1, 0.15) is 0 Å². The van der Waals surface area contributed by atoms with Gasteiger partial charge in [-0.15, -0.1) is 5.01 Å². The summed E-state index contributed by atoms with van der Waals surface area (Å²) in [6.07, 6.45) is 0.0123.